The van der Waals surface area contributed by atoms with E-state index in [2.05, 4.69) is 27.7 Å². The highest BCUT2D eigenvalue weighted by Gasteiger charge is 2.72. The lowest BCUT2D eigenvalue weighted by atomic mass is 9.42. The minimum Gasteiger partial charge on any atom is -0.393 e. The molecule has 0 aromatic heterocycles. The zero-order valence-corrected chi connectivity index (χ0v) is 35.5. The lowest BCUT2D eigenvalue weighted by molar-refractivity contribution is -0.344. The Kier molecular flexibility index (Phi) is 14.4. The SMILES string of the molecule is CCC(CC[C@@H](C)[C@H]1[C@@H](O)[C@@H](O)[C@@H]2[C@]1(C)CC[C@@H]1[C@@]3(C)CC[C@H](O)C[C@@H]3[C@@H](O)C[C@]12O)C(C)CO[C@@H]1OC[C@@H](O)[C@H](OS(=O)(=O)O)[C@H]1O[C@@H]1OC[C@@H](O)[C@H](O)[C@H]1OC. The molecule has 6 fully saturated rings. The zero-order chi connectivity index (χ0) is 42.7. The Labute approximate surface area is 342 Å². The van der Waals surface area contributed by atoms with Crippen LogP contribution < -0.4 is 0 Å². The second kappa shape index (κ2) is 17.8. The van der Waals surface area contributed by atoms with E-state index in [1.54, 1.807) is 0 Å². The van der Waals surface area contributed by atoms with Crippen molar-refractivity contribution in [1.82, 2.24) is 0 Å². The second-order valence-electron chi connectivity index (χ2n) is 19.2. The first-order chi connectivity index (χ1) is 27.1. The van der Waals surface area contributed by atoms with Crippen molar-refractivity contribution in [2.75, 3.05) is 26.9 Å². The minimum absolute atomic E-state index is 0.0407. The third-order valence-electron chi connectivity index (χ3n) is 15.9. The van der Waals surface area contributed by atoms with Gasteiger partial charge in [-0.1, -0.05) is 47.5 Å². The maximum atomic E-state index is 12.7. The van der Waals surface area contributed by atoms with Gasteiger partial charge < -0.3 is 64.5 Å². The molecule has 0 aromatic carbocycles. The van der Waals surface area contributed by atoms with Gasteiger partial charge in [0.2, 0.25) is 0 Å². The van der Waals surface area contributed by atoms with Gasteiger partial charge in [0.05, 0.1) is 49.8 Å². The van der Waals surface area contributed by atoms with Crippen LogP contribution in [0.2, 0.25) is 0 Å². The largest absolute Gasteiger partial charge is 0.397 e. The molecule has 18 heteroatoms. The van der Waals surface area contributed by atoms with E-state index in [9.17, 15) is 53.8 Å². The van der Waals surface area contributed by atoms with Crippen molar-refractivity contribution in [3.05, 3.63) is 0 Å². The molecule has 0 spiro atoms. The van der Waals surface area contributed by atoms with Gasteiger partial charge >= 0.3 is 10.4 Å². The molecule has 2 heterocycles. The monoisotopic (exact) mass is 854 g/mol. The third-order valence-corrected chi connectivity index (χ3v) is 16.4. The van der Waals surface area contributed by atoms with Crippen molar-refractivity contribution in [2.24, 2.45) is 52.3 Å². The molecule has 0 amide bonds. The Morgan fingerprint density at radius 1 is 0.810 bits per heavy atom. The number of methoxy groups -OCH3 is 1. The maximum Gasteiger partial charge on any atom is 0.397 e. The predicted octanol–water partition coefficient (Wildman–Crippen LogP) is 0.512. The summed E-state index contributed by atoms with van der Waals surface area (Å²) in [4.78, 5) is 0. The lowest BCUT2D eigenvalue weighted by Gasteiger charge is -2.65. The molecule has 2 unspecified atom stereocenters. The summed E-state index contributed by atoms with van der Waals surface area (Å²) in [5, 5.41) is 89.4. The van der Waals surface area contributed by atoms with Crippen LogP contribution in [0.3, 0.4) is 0 Å². The van der Waals surface area contributed by atoms with Crippen molar-refractivity contribution >= 4 is 10.4 Å². The topological polar surface area (TPSA) is 272 Å². The summed E-state index contributed by atoms with van der Waals surface area (Å²) in [6, 6.07) is 0. The van der Waals surface area contributed by atoms with E-state index in [4.69, 9.17) is 27.9 Å². The molecule has 338 valence electrons. The van der Waals surface area contributed by atoms with E-state index in [-0.39, 0.29) is 55.1 Å². The van der Waals surface area contributed by atoms with E-state index in [1.807, 2.05) is 6.92 Å². The van der Waals surface area contributed by atoms with Crippen LogP contribution in [0.1, 0.15) is 92.4 Å². The van der Waals surface area contributed by atoms with E-state index in [1.165, 1.54) is 7.11 Å². The summed E-state index contributed by atoms with van der Waals surface area (Å²) in [6.45, 7) is 9.70. The van der Waals surface area contributed by atoms with E-state index in [0.717, 1.165) is 12.8 Å². The van der Waals surface area contributed by atoms with Gasteiger partial charge in [-0.25, -0.2) is 4.18 Å². The molecule has 17 nitrogen and oxygen atoms in total. The molecular formula is C40H70O17S. The summed E-state index contributed by atoms with van der Waals surface area (Å²) < 4.78 is 66.7. The Morgan fingerprint density at radius 2 is 1.47 bits per heavy atom. The molecule has 58 heavy (non-hydrogen) atoms. The zero-order valence-electron chi connectivity index (χ0n) is 34.7. The molecule has 2 saturated heterocycles. The van der Waals surface area contributed by atoms with Gasteiger partial charge in [-0.15, -0.1) is 0 Å². The Balaban J connectivity index is 1.12. The highest BCUT2D eigenvalue weighted by Crippen LogP contribution is 2.70. The molecule has 0 bridgehead atoms. The van der Waals surface area contributed by atoms with Crippen LogP contribution in [-0.4, -0.2) is 160 Å². The normalized spacial score (nSPS) is 50.0. The molecule has 6 rings (SSSR count). The average molecular weight is 855 g/mol. The molecule has 0 radical (unpaired) electrons. The lowest BCUT2D eigenvalue weighted by Crippen LogP contribution is -2.68. The average Bonchev–Trinajstić information content (AvgIpc) is 3.35. The fraction of sp³-hybridized carbons (Fsp3) is 1.00. The van der Waals surface area contributed by atoms with Gasteiger partial charge in [-0.05, 0) is 84.9 Å². The van der Waals surface area contributed by atoms with Gasteiger partial charge in [-0.2, -0.15) is 8.42 Å². The summed E-state index contributed by atoms with van der Waals surface area (Å²) >= 11 is 0. The Morgan fingerprint density at radius 3 is 2.12 bits per heavy atom. The highest BCUT2D eigenvalue weighted by atomic mass is 32.3. The standard InChI is InChI=1S/C40H70O17S/c1-7-21(20(3)16-53-36-34(32(26(44)18-54-36)57-58(49,50)51)56-37-33(52-6)29(45)25(43)17-55-37)9-8-19(2)28-30(46)31(47)35-39(28,5)13-11-27-38(4)12-10-22(41)14-23(38)24(42)15-40(27,35)48/h19-37,41-48H,7-18H2,1-6H3,(H,49,50,51)/t19-,20?,21?,22+,23-,24+,25-,26-,27-,28+,29+,30-,31-,32+,33-,34-,35-,36-,37+,38+,39-,40+/m1/s1. The van der Waals surface area contributed by atoms with Crippen molar-refractivity contribution in [3.63, 3.8) is 0 Å². The van der Waals surface area contributed by atoms with Gasteiger partial charge in [0.25, 0.3) is 0 Å². The maximum absolute atomic E-state index is 12.7. The first-order valence-electron chi connectivity index (χ1n) is 21.3. The van der Waals surface area contributed by atoms with Crippen molar-refractivity contribution < 1.29 is 81.7 Å². The predicted molar refractivity (Wildman–Crippen MR) is 204 cm³/mol. The molecule has 9 N–H and O–H groups in total. The Hall–Kier alpha value is -0.650. The van der Waals surface area contributed by atoms with Crippen LogP contribution >= 0.6 is 0 Å². The molecule has 2 aliphatic heterocycles. The van der Waals surface area contributed by atoms with Crippen LogP contribution in [0.15, 0.2) is 0 Å². The number of ether oxygens (including phenoxy) is 5. The molecule has 0 aromatic rings. The van der Waals surface area contributed by atoms with E-state index >= 15 is 0 Å². The summed E-state index contributed by atoms with van der Waals surface area (Å²) in [5.74, 6) is -1.27. The number of rotatable bonds is 14. The number of aliphatic hydroxyl groups is 8. The number of fused-ring (bicyclic) bond motifs is 5. The molecular weight excluding hydrogens is 784 g/mol. The van der Waals surface area contributed by atoms with Gasteiger partial charge in [0.1, 0.15) is 36.6 Å². The number of aliphatic hydroxyl groups excluding tert-OH is 7. The molecule has 4 aliphatic carbocycles. The first kappa shape index (κ1) is 46.8. The van der Waals surface area contributed by atoms with E-state index < -0.39 is 113 Å². The van der Waals surface area contributed by atoms with Crippen molar-refractivity contribution in [3.8, 4) is 0 Å². The van der Waals surface area contributed by atoms with Gasteiger partial charge in [0.15, 0.2) is 12.6 Å². The summed E-state index contributed by atoms with van der Waals surface area (Å²) in [7, 11) is -3.83. The quantitative estimate of drug-likeness (QED) is 0.108. The smallest absolute Gasteiger partial charge is 0.393 e. The Bertz CT molecular complexity index is 1490. The van der Waals surface area contributed by atoms with Gasteiger partial charge in [0, 0.05) is 19.4 Å². The van der Waals surface area contributed by atoms with Gasteiger partial charge in [-0.3, -0.25) is 4.55 Å². The number of hydrogen-bond donors (Lipinski definition) is 9. The minimum atomic E-state index is -5.08. The fourth-order valence-corrected chi connectivity index (χ4v) is 13.6. The van der Waals surface area contributed by atoms with Crippen LogP contribution in [0.4, 0.5) is 0 Å². The summed E-state index contributed by atoms with van der Waals surface area (Å²) in [6.07, 6.45) is -9.37. The number of hydrogen-bond acceptors (Lipinski definition) is 16. The molecule has 6 aliphatic rings. The molecule has 22 atom stereocenters. The van der Waals surface area contributed by atoms with E-state index in [0.29, 0.717) is 38.5 Å². The van der Waals surface area contributed by atoms with Crippen LogP contribution in [0.25, 0.3) is 0 Å². The second-order valence-corrected chi connectivity index (χ2v) is 20.3. The van der Waals surface area contributed by atoms with Crippen LogP contribution in [-0.2, 0) is 38.3 Å². The summed E-state index contributed by atoms with van der Waals surface area (Å²) in [5.41, 5.74) is -2.35. The molecule has 4 saturated carbocycles. The van der Waals surface area contributed by atoms with Crippen LogP contribution in [0.5, 0.6) is 0 Å². The first-order valence-corrected chi connectivity index (χ1v) is 22.6. The van der Waals surface area contributed by atoms with Crippen molar-refractivity contribution in [1.29, 1.82) is 0 Å². The highest BCUT2D eigenvalue weighted by molar-refractivity contribution is 7.80. The van der Waals surface area contributed by atoms with Crippen molar-refractivity contribution in [2.45, 2.75) is 172 Å². The fourth-order valence-electron chi connectivity index (χ4n) is 13.0. The third kappa shape index (κ3) is 8.67. The van der Waals surface area contributed by atoms with Crippen LogP contribution in [0, 0.1) is 52.3 Å².